The van der Waals surface area contributed by atoms with Gasteiger partial charge in [0.05, 0.1) is 30.7 Å². The summed E-state index contributed by atoms with van der Waals surface area (Å²) < 4.78 is 5.52. The molecule has 0 aromatic carbocycles. The van der Waals surface area contributed by atoms with E-state index >= 15 is 0 Å². The lowest BCUT2D eigenvalue weighted by atomic mass is 10.2. The van der Waals surface area contributed by atoms with E-state index in [-0.39, 0.29) is 24.1 Å². The van der Waals surface area contributed by atoms with Gasteiger partial charge in [-0.05, 0) is 13.3 Å². The summed E-state index contributed by atoms with van der Waals surface area (Å²) in [4.78, 5) is 27.2. The van der Waals surface area contributed by atoms with E-state index < -0.39 is 18.1 Å². The topological polar surface area (TPSA) is 90.3 Å². The first kappa shape index (κ1) is 16.4. The van der Waals surface area contributed by atoms with E-state index in [0.29, 0.717) is 25.3 Å². The number of urea groups is 1. The molecule has 4 unspecified atom stereocenters. The first-order valence-electron chi connectivity index (χ1n) is 7.15. The zero-order chi connectivity index (χ0) is 15.6. The van der Waals surface area contributed by atoms with Gasteiger partial charge in [0.2, 0.25) is 0 Å². The molecule has 2 N–H and O–H groups in total. The van der Waals surface area contributed by atoms with Crippen molar-refractivity contribution in [3.63, 3.8) is 0 Å². The number of carboxylic acids is 1. The van der Waals surface area contributed by atoms with Gasteiger partial charge in [-0.3, -0.25) is 4.90 Å². The van der Waals surface area contributed by atoms with E-state index in [9.17, 15) is 19.8 Å². The molecule has 0 aromatic rings. The number of amides is 2. The van der Waals surface area contributed by atoms with Crippen molar-refractivity contribution < 1.29 is 24.5 Å². The van der Waals surface area contributed by atoms with Crippen LogP contribution in [0.15, 0.2) is 0 Å². The Morgan fingerprint density at radius 3 is 2.67 bits per heavy atom. The summed E-state index contributed by atoms with van der Waals surface area (Å²) in [5.74, 6) is -0.546. The van der Waals surface area contributed by atoms with Crippen molar-refractivity contribution in [2.75, 3.05) is 25.4 Å². The predicted octanol–water partition coefficient (Wildman–Crippen LogP) is 0.426. The van der Waals surface area contributed by atoms with Crippen molar-refractivity contribution in [3.8, 4) is 0 Å². The molecule has 2 heterocycles. The fourth-order valence-corrected chi connectivity index (χ4v) is 4.13. The molecule has 0 bridgehead atoms. The zero-order valence-corrected chi connectivity index (χ0v) is 13.1. The highest BCUT2D eigenvalue weighted by Crippen LogP contribution is 2.32. The van der Waals surface area contributed by atoms with E-state index in [1.807, 2.05) is 13.8 Å². The third kappa shape index (κ3) is 3.44. The number of carboxylic acid groups (broad SMARTS) is 1. The maximum atomic E-state index is 12.7. The Morgan fingerprint density at radius 2 is 2.10 bits per heavy atom. The van der Waals surface area contributed by atoms with Gasteiger partial charge in [-0.25, -0.2) is 9.59 Å². The summed E-state index contributed by atoms with van der Waals surface area (Å²) in [5, 5.41) is 18.4. The van der Waals surface area contributed by atoms with Crippen molar-refractivity contribution in [1.29, 1.82) is 0 Å². The van der Waals surface area contributed by atoms with Crippen LogP contribution in [0.5, 0.6) is 0 Å². The molecule has 2 rings (SSSR count). The maximum Gasteiger partial charge on any atom is 0.327 e. The molecule has 2 aliphatic heterocycles. The van der Waals surface area contributed by atoms with Crippen LogP contribution in [0, 0.1) is 0 Å². The molecule has 7 nitrogen and oxygen atoms in total. The minimum Gasteiger partial charge on any atom is -0.480 e. The van der Waals surface area contributed by atoms with E-state index in [1.54, 1.807) is 4.90 Å². The third-order valence-electron chi connectivity index (χ3n) is 3.75. The van der Waals surface area contributed by atoms with Crippen LogP contribution < -0.4 is 0 Å². The van der Waals surface area contributed by atoms with E-state index in [4.69, 9.17) is 4.74 Å². The van der Waals surface area contributed by atoms with E-state index in [0.717, 1.165) is 0 Å². The minimum atomic E-state index is -0.966. The molecule has 0 radical (unpaired) electrons. The van der Waals surface area contributed by atoms with Crippen LogP contribution in [0.1, 0.15) is 20.3 Å². The van der Waals surface area contributed by atoms with Crippen LogP contribution in [0.3, 0.4) is 0 Å². The van der Waals surface area contributed by atoms with E-state index in [1.165, 1.54) is 16.7 Å². The molecule has 2 amide bonds. The highest BCUT2D eigenvalue weighted by atomic mass is 32.2. The van der Waals surface area contributed by atoms with Gasteiger partial charge in [-0.15, -0.1) is 11.8 Å². The van der Waals surface area contributed by atoms with Gasteiger partial charge in [0.1, 0.15) is 6.04 Å². The Labute approximate surface area is 128 Å². The minimum absolute atomic E-state index is 0.107. The number of morpholine rings is 1. The predicted molar refractivity (Wildman–Crippen MR) is 78.2 cm³/mol. The number of carbonyl (C=O) groups is 2. The van der Waals surface area contributed by atoms with Crippen molar-refractivity contribution in [3.05, 3.63) is 0 Å². The molecular formula is C13H22N2O5S. The second-order valence-electron chi connectivity index (χ2n) is 5.40. The number of aliphatic hydroxyl groups is 1. The number of aliphatic carboxylic acids is 1. The summed E-state index contributed by atoms with van der Waals surface area (Å²) in [5.41, 5.74) is 0. The number of thioether (sulfide) groups is 1. The molecule has 0 aliphatic carbocycles. The monoisotopic (exact) mass is 318 g/mol. The second-order valence-corrected chi connectivity index (χ2v) is 6.61. The average Bonchev–Trinajstić information content (AvgIpc) is 2.89. The van der Waals surface area contributed by atoms with Gasteiger partial charge in [0.25, 0.3) is 0 Å². The van der Waals surface area contributed by atoms with Gasteiger partial charge in [-0.2, -0.15) is 0 Å². The lowest BCUT2D eigenvalue weighted by Crippen LogP contribution is -2.57. The quantitative estimate of drug-likeness (QED) is 0.784. The standard InChI is InChI=1S/C13H22N2O5S/c1-3-11-15(10(7-21-11)12(17)18)13(19)14-4-8(2)20-9(5-14)6-16/h8-11,16H,3-7H2,1-2H3,(H,17,18). The third-order valence-corrected chi connectivity index (χ3v) is 5.20. The number of ether oxygens (including phenoxy) is 1. The molecular weight excluding hydrogens is 296 g/mol. The van der Waals surface area contributed by atoms with Crippen LogP contribution in [0.4, 0.5) is 4.79 Å². The number of aliphatic hydroxyl groups excluding tert-OH is 1. The van der Waals surface area contributed by atoms with Crippen LogP contribution in [-0.2, 0) is 9.53 Å². The lowest BCUT2D eigenvalue weighted by molar-refractivity contribution is -0.141. The zero-order valence-electron chi connectivity index (χ0n) is 12.3. The van der Waals surface area contributed by atoms with Crippen molar-refractivity contribution in [2.45, 2.75) is 43.9 Å². The highest BCUT2D eigenvalue weighted by Gasteiger charge is 2.43. The summed E-state index contributed by atoms with van der Waals surface area (Å²) >= 11 is 1.50. The Morgan fingerprint density at radius 1 is 1.38 bits per heavy atom. The highest BCUT2D eigenvalue weighted by molar-refractivity contribution is 8.00. The van der Waals surface area contributed by atoms with Crippen molar-refractivity contribution in [2.24, 2.45) is 0 Å². The van der Waals surface area contributed by atoms with Crippen LogP contribution >= 0.6 is 11.8 Å². The second kappa shape index (κ2) is 6.85. The number of rotatable bonds is 3. The van der Waals surface area contributed by atoms with Crippen LogP contribution in [-0.4, -0.2) is 81.1 Å². The van der Waals surface area contributed by atoms with Crippen LogP contribution in [0.2, 0.25) is 0 Å². The fourth-order valence-electron chi connectivity index (χ4n) is 2.79. The lowest BCUT2D eigenvalue weighted by Gasteiger charge is -2.39. The van der Waals surface area contributed by atoms with Gasteiger partial charge >= 0.3 is 12.0 Å². The Bertz CT molecular complexity index is 408. The molecule has 8 heteroatoms. The molecule has 2 saturated heterocycles. The molecule has 120 valence electrons. The van der Waals surface area contributed by atoms with Crippen molar-refractivity contribution >= 4 is 23.8 Å². The molecule has 0 aromatic heterocycles. The van der Waals surface area contributed by atoms with Gasteiger partial charge in [-0.1, -0.05) is 6.92 Å². The van der Waals surface area contributed by atoms with Gasteiger partial charge in [0.15, 0.2) is 0 Å². The number of carbonyl (C=O) groups excluding carboxylic acids is 1. The van der Waals surface area contributed by atoms with Crippen molar-refractivity contribution in [1.82, 2.24) is 9.80 Å². The Balaban J connectivity index is 2.14. The van der Waals surface area contributed by atoms with Crippen LogP contribution in [0.25, 0.3) is 0 Å². The molecule has 21 heavy (non-hydrogen) atoms. The number of hydrogen-bond donors (Lipinski definition) is 2. The fraction of sp³-hybridized carbons (Fsp3) is 0.846. The van der Waals surface area contributed by atoms with E-state index in [2.05, 4.69) is 0 Å². The Hall–Kier alpha value is -0.990. The Kier molecular flexibility index (Phi) is 5.34. The first-order chi connectivity index (χ1) is 9.97. The molecule has 2 aliphatic rings. The summed E-state index contributed by atoms with van der Waals surface area (Å²) in [7, 11) is 0. The first-order valence-corrected chi connectivity index (χ1v) is 8.20. The van der Waals surface area contributed by atoms with Gasteiger partial charge < -0.3 is 19.8 Å². The summed E-state index contributed by atoms with van der Waals surface area (Å²) in [6.07, 6.45) is 0.138. The largest absolute Gasteiger partial charge is 0.480 e. The molecule has 2 fully saturated rings. The summed E-state index contributed by atoms with van der Waals surface area (Å²) in [6.45, 7) is 4.35. The van der Waals surface area contributed by atoms with Gasteiger partial charge in [0, 0.05) is 12.3 Å². The average molecular weight is 318 g/mol. The normalized spacial score (nSPS) is 33.3. The smallest absolute Gasteiger partial charge is 0.327 e. The maximum absolute atomic E-state index is 12.7. The number of nitrogens with zero attached hydrogens (tertiary/aromatic N) is 2. The molecule has 0 spiro atoms. The summed E-state index contributed by atoms with van der Waals surface area (Å²) in [6, 6.07) is -1.05. The number of hydrogen-bond acceptors (Lipinski definition) is 5. The SMILES string of the molecule is CCC1SCC(C(=O)O)N1C(=O)N1CC(C)OC(CO)C1. The molecule has 0 saturated carbocycles. The molecule has 4 atom stereocenters.